The van der Waals surface area contributed by atoms with E-state index in [1.165, 1.54) is 23.6 Å². The zero-order valence-corrected chi connectivity index (χ0v) is 16.8. The number of rotatable bonds is 8. The molecule has 2 aromatic carbocycles. The largest absolute Gasteiger partial charge is 0.461 e. The van der Waals surface area contributed by atoms with Crippen LogP contribution in [0.15, 0.2) is 53.9 Å². The first kappa shape index (κ1) is 20.9. The standard InChI is InChI=1S/C20H18N4O5S/c1-2-29-19(26)16-12-30-20(22-16)23-18(25)14-8-9-15(17(10-14)24(27)28)21-11-13-6-4-3-5-7-13/h3-10,12,21H,2,11H2,1H3,(H,22,23,25). The third-order valence-corrected chi connectivity index (χ3v) is 4.75. The van der Waals surface area contributed by atoms with Crippen LogP contribution < -0.4 is 10.6 Å². The highest BCUT2D eigenvalue weighted by molar-refractivity contribution is 7.14. The average Bonchev–Trinajstić information content (AvgIpc) is 3.21. The van der Waals surface area contributed by atoms with Gasteiger partial charge in [0.05, 0.1) is 11.5 Å². The summed E-state index contributed by atoms with van der Waals surface area (Å²) in [4.78, 5) is 39.1. The Bertz CT molecular complexity index is 1070. The summed E-state index contributed by atoms with van der Waals surface area (Å²) in [6.07, 6.45) is 0. The number of esters is 1. The van der Waals surface area contributed by atoms with E-state index in [1.54, 1.807) is 6.92 Å². The molecule has 10 heteroatoms. The van der Waals surface area contributed by atoms with Crippen LogP contribution >= 0.6 is 11.3 Å². The maximum absolute atomic E-state index is 12.5. The zero-order chi connectivity index (χ0) is 21.5. The predicted octanol–water partition coefficient (Wildman–Crippen LogP) is 4.09. The van der Waals surface area contributed by atoms with Gasteiger partial charge in [-0.25, -0.2) is 9.78 Å². The first-order chi connectivity index (χ1) is 14.5. The summed E-state index contributed by atoms with van der Waals surface area (Å²) in [5, 5.41) is 18.7. The van der Waals surface area contributed by atoms with Crippen molar-refractivity contribution in [3.05, 3.63) is 80.8 Å². The molecule has 2 N–H and O–H groups in total. The number of carbonyl (C=O) groups excluding carboxylic acids is 2. The van der Waals surface area contributed by atoms with Crippen molar-refractivity contribution in [2.24, 2.45) is 0 Å². The maximum Gasteiger partial charge on any atom is 0.357 e. The zero-order valence-electron chi connectivity index (χ0n) is 16.0. The van der Waals surface area contributed by atoms with Crippen LogP contribution in [-0.2, 0) is 11.3 Å². The minimum Gasteiger partial charge on any atom is -0.461 e. The number of thiazole rings is 1. The van der Waals surface area contributed by atoms with E-state index < -0.39 is 16.8 Å². The number of ether oxygens (including phenoxy) is 1. The lowest BCUT2D eigenvalue weighted by atomic mass is 10.1. The Morgan fingerprint density at radius 1 is 1.20 bits per heavy atom. The fourth-order valence-corrected chi connectivity index (χ4v) is 3.24. The molecule has 0 atom stereocenters. The highest BCUT2D eigenvalue weighted by Gasteiger charge is 2.19. The highest BCUT2D eigenvalue weighted by Crippen LogP contribution is 2.27. The van der Waals surface area contributed by atoms with Crippen molar-refractivity contribution in [1.82, 2.24) is 4.98 Å². The molecule has 1 heterocycles. The Kier molecular flexibility index (Phi) is 6.71. The number of benzene rings is 2. The molecule has 0 bridgehead atoms. The van der Waals surface area contributed by atoms with Crippen molar-refractivity contribution in [3.63, 3.8) is 0 Å². The summed E-state index contributed by atoms with van der Waals surface area (Å²) < 4.78 is 4.85. The Balaban J connectivity index is 1.72. The number of aromatic nitrogens is 1. The Morgan fingerprint density at radius 3 is 2.67 bits per heavy atom. The van der Waals surface area contributed by atoms with Gasteiger partial charge in [-0.2, -0.15) is 0 Å². The summed E-state index contributed by atoms with van der Waals surface area (Å²) in [5.74, 6) is -1.16. The third-order valence-electron chi connectivity index (χ3n) is 3.99. The van der Waals surface area contributed by atoms with Crippen molar-refractivity contribution < 1.29 is 19.2 Å². The van der Waals surface area contributed by atoms with E-state index in [0.717, 1.165) is 16.9 Å². The molecule has 1 aromatic heterocycles. The van der Waals surface area contributed by atoms with Gasteiger partial charge in [0.25, 0.3) is 11.6 Å². The van der Waals surface area contributed by atoms with E-state index in [2.05, 4.69) is 15.6 Å². The van der Waals surface area contributed by atoms with Gasteiger partial charge in [0, 0.05) is 23.6 Å². The molecule has 0 aliphatic heterocycles. The molecule has 0 saturated carbocycles. The van der Waals surface area contributed by atoms with Gasteiger partial charge < -0.3 is 10.1 Å². The maximum atomic E-state index is 12.5. The van der Waals surface area contributed by atoms with Crippen LogP contribution in [0.2, 0.25) is 0 Å². The molecule has 0 unspecified atom stereocenters. The second-order valence-electron chi connectivity index (χ2n) is 6.04. The molecule has 3 aromatic rings. The molecule has 30 heavy (non-hydrogen) atoms. The van der Waals surface area contributed by atoms with E-state index >= 15 is 0 Å². The lowest BCUT2D eigenvalue weighted by molar-refractivity contribution is -0.384. The summed E-state index contributed by atoms with van der Waals surface area (Å²) >= 11 is 1.06. The van der Waals surface area contributed by atoms with Crippen molar-refractivity contribution in [3.8, 4) is 0 Å². The number of nitro groups is 1. The second kappa shape index (κ2) is 9.61. The molecule has 0 aliphatic rings. The van der Waals surface area contributed by atoms with E-state index in [0.29, 0.717) is 12.2 Å². The van der Waals surface area contributed by atoms with Crippen LogP contribution in [0, 0.1) is 10.1 Å². The van der Waals surface area contributed by atoms with Gasteiger partial charge in [0.2, 0.25) is 0 Å². The minimum atomic E-state index is -0.585. The van der Waals surface area contributed by atoms with Gasteiger partial charge in [-0.05, 0) is 24.6 Å². The van der Waals surface area contributed by atoms with Crippen molar-refractivity contribution >= 4 is 39.7 Å². The molecule has 154 valence electrons. The van der Waals surface area contributed by atoms with Gasteiger partial charge in [-0.15, -0.1) is 11.3 Å². The number of amides is 1. The number of carbonyl (C=O) groups is 2. The highest BCUT2D eigenvalue weighted by atomic mass is 32.1. The molecule has 1 amide bonds. The van der Waals surface area contributed by atoms with Gasteiger partial charge in [-0.3, -0.25) is 20.2 Å². The van der Waals surface area contributed by atoms with Gasteiger partial charge in [0.1, 0.15) is 5.69 Å². The lowest BCUT2D eigenvalue weighted by Gasteiger charge is -2.09. The van der Waals surface area contributed by atoms with Crippen LogP contribution in [0.1, 0.15) is 33.3 Å². The molecule has 0 saturated heterocycles. The molecule has 0 spiro atoms. The summed E-state index contributed by atoms with van der Waals surface area (Å²) in [6, 6.07) is 13.6. The minimum absolute atomic E-state index is 0.0867. The van der Waals surface area contributed by atoms with Gasteiger partial charge in [-0.1, -0.05) is 30.3 Å². The number of nitrogens with zero attached hydrogens (tertiary/aromatic N) is 2. The van der Waals surface area contributed by atoms with E-state index in [-0.39, 0.29) is 28.7 Å². The SMILES string of the molecule is CCOC(=O)c1csc(NC(=O)c2ccc(NCc3ccccc3)c([N+](=O)[O-])c2)n1. The number of hydrogen-bond donors (Lipinski definition) is 2. The normalized spacial score (nSPS) is 10.3. The number of hydrogen-bond acceptors (Lipinski definition) is 8. The quantitative estimate of drug-likeness (QED) is 0.316. The number of nitrogens with one attached hydrogen (secondary N) is 2. The van der Waals surface area contributed by atoms with Crippen LogP contribution in [-0.4, -0.2) is 28.4 Å². The third kappa shape index (κ3) is 5.17. The lowest BCUT2D eigenvalue weighted by Crippen LogP contribution is -2.13. The van der Waals surface area contributed by atoms with Crippen LogP contribution in [0.5, 0.6) is 0 Å². The van der Waals surface area contributed by atoms with Gasteiger partial charge in [0.15, 0.2) is 10.8 Å². The van der Waals surface area contributed by atoms with Crippen molar-refractivity contribution in [1.29, 1.82) is 0 Å². The Hall–Kier alpha value is -3.79. The Labute approximate surface area is 175 Å². The van der Waals surface area contributed by atoms with Crippen LogP contribution in [0.4, 0.5) is 16.5 Å². The first-order valence-corrected chi connectivity index (χ1v) is 9.86. The van der Waals surface area contributed by atoms with Crippen molar-refractivity contribution in [2.75, 3.05) is 17.2 Å². The first-order valence-electron chi connectivity index (χ1n) is 8.98. The summed E-state index contributed by atoms with van der Waals surface area (Å²) in [5.41, 5.74) is 1.24. The van der Waals surface area contributed by atoms with Crippen LogP contribution in [0.3, 0.4) is 0 Å². The van der Waals surface area contributed by atoms with Gasteiger partial charge >= 0.3 is 5.97 Å². The fourth-order valence-electron chi connectivity index (χ4n) is 2.57. The molecular formula is C20H18N4O5S. The van der Waals surface area contributed by atoms with Crippen molar-refractivity contribution in [2.45, 2.75) is 13.5 Å². The Morgan fingerprint density at radius 2 is 1.97 bits per heavy atom. The topological polar surface area (TPSA) is 123 Å². The smallest absolute Gasteiger partial charge is 0.357 e. The predicted molar refractivity (Wildman–Crippen MR) is 113 cm³/mol. The molecule has 0 fully saturated rings. The fraction of sp³-hybridized carbons (Fsp3) is 0.150. The molecular weight excluding hydrogens is 408 g/mol. The monoisotopic (exact) mass is 426 g/mol. The molecule has 0 radical (unpaired) electrons. The number of nitro benzene ring substituents is 1. The number of anilines is 2. The molecule has 0 aliphatic carbocycles. The average molecular weight is 426 g/mol. The summed E-state index contributed by atoms with van der Waals surface area (Å²) in [7, 11) is 0. The van der Waals surface area contributed by atoms with Crippen LogP contribution in [0.25, 0.3) is 0 Å². The van der Waals surface area contributed by atoms with E-state index in [4.69, 9.17) is 4.74 Å². The van der Waals surface area contributed by atoms with E-state index in [1.807, 2.05) is 30.3 Å². The molecule has 9 nitrogen and oxygen atoms in total. The summed E-state index contributed by atoms with van der Waals surface area (Å²) in [6.45, 7) is 2.30. The van der Waals surface area contributed by atoms with E-state index in [9.17, 15) is 19.7 Å². The molecule has 3 rings (SSSR count). The second-order valence-corrected chi connectivity index (χ2v) is 6.90.